The Kier molecular flexibility index (Phi) is 3.87. The largest absolute Gasteiger partial charge is 0.493 e. The predicted molar refractivity (Wildman–Crippen MR) is 68.2 cm³/mol. The summed E-state index contributed by atoms with van der Waals surface area (Å²) < 4.78 is 5.93. The minimum Gasteiger partial charge on any atom is -0.493 e. The highest BCUT2D eigenvalue weighted by molar-refractivity contribution is 5.46. The summed E-state index contributed by atoms with van der Waals surface area (Å²) in [6.07, 6.45) is 7.22. The van der Waals surface area contributed by atoms with E-state index in [-0.39, 0.29) is 0 Å². The highest BCUT2D eigenvalue weighted by atomic mass is 16.5. The number of hydrogen-bond donors (Lipinski definition) is 0. The van der Waals surface area contributed by atoms with E-state index in [1.807, 2.05) is 0 Å². The van der Waals surface area contributed by atoms with Crippen molar-refractivity contribution in [1.82, 2.24) is 0 Å². The normalized spacial score (nSPS) is 13.9. The quantitative estimate of drug-likeness (QED) is 0.681. The molecular formula is C15H22O. The maximum Gasteiger partial charge on any atom is 0.123 e. The molecule has 1 heteroatoms. The molecule has 16 heavy (non-hydrogen) atoms. The Morgan fingerprint density at radius 2 is 2.06 bits per heavy atom. The second-order valence-electron chi connectivity index (χ2n) is 4.64. The number of ether oxygens (including phenoxy) is 1. The molecule has 0 bridgehead atoms. The fraction of sp³-hybridized carbons (Fsp3) is 0.600. The number of fused-ring (bicyclic) bond motifs is 1. The summed E-state index contributed by atoms with van der Waals surface area (Å²) in [5, 5.41) is 0. The lowest BCUT2D eigenvalue weighted by Crippen LogP contribution is -2.01. The van der Waals surface area contributed by atoms with Crippen LogP contribution in [0.4, 0.5) is 0 Å². The molecule has 1 aliphatic rings. The summed E-state index contributed by atoms with van der Waals surface area (Å²) in [5.41, 5.74) is 4.44. The third-order valence-electron chi connectivity index (χ3n) is 3.40. The summed E-state index contributed by atoms with van der Waals surface area (Å²) in [6.45, 7) is 5.29. The molecule has 0 amide bonds. The van der Waals surface area contributed by atoms with Crippen molar-refractivity contribution in [3.05, 3.63) is 28.8 Å². The van der Waals surface area contributed by atoms with Gasteiger partial charge in [0.25, 0.3) is 0 Å². The number of rotatable bonds is 5. The Bertz CT molecular complexity index is 355. The highest BCUT2D eigenvalue weighted by Crippen LogP contribution is 2.32. The van der Waals surface area contributed by atoms with Gasteiger partial charge in [0.2, 0.25) is 0 Å². The van der Waals surface area contributed by atoms with Gasteiger partial charge in [-0.2, -0.15) is 0 Å². The van der Waals surface area contributed by atoms with Gasteiger partial charge in [0, 0.05) is 0 Å². The molecule has 1 aromatic rings. The summed E-state index contributed by atoms with van der Waals surface area (Å²) in [7, 11) is 0. The first-order valence-corrected chi connectivity index (χ1v) is 6.62. The van der Waals surface area contributed by atoms with Crippen LogP contribution in [0.15, 0.2) is 12.1 Å². The summed E-state index contributed by atoms with van der Waals surface area (Å²) in [6, 6.07) is 4.62. The molecule has 2 rings (SSSR count). The van der Waals surface area contributed by atoms with Crippen LogP contribution in [-0.4, -0.2) is 6.61 Å². The summed E-state index contributed by atoms with van der Waals surface area (Å²) >= 11 is 0. The van der Waals surface area contributed by atoms with Gasteiger partial charge in [-0.15, -0.1) is 0 Å². The van der Waals surface area contributed by atoms with E-state index in [1.165, 1.54) is 48.1 Å². The molecule has 1 aromatic carbocycles. The standard InChI is InChI=1S/C15H22O/c1-3-5-9-16-15-11-12(4-2)10-13-7-6-8-14(13)15/h10-11H,3-9H2,1-2H3. The maximum absolute atomic E-state index is 5.93. The molecular weight excluding hydrogens is 196 g/mol. The van der Waals surface area contributed by atoms with Gasteiger partial charge in [-0.05, 0) is 54.9 Å². The van der Waals surface area contributed by atoms with Crippen LogP contribution >= 0.6 is 0 Å². The smallest absolute Gasteiger partial charge is 0.123 e. The molecule has 0 saturated heterocycles. The van der Waals surface area contributed by atoms with Gasteiger partial charge in [0.05, 0.1) is 6.61 Å². The number of hydrogen-bond acceptors (Lipinski definition) is 1. The third-order valence-corrected chi connectivity index (χ3v) is 3.40. The second-order valence-corrected chi connectivity index (χ2v) is 4.64. The molecule has 0 N–H and O–H groups in total. The fourth-order valence-electron chi connectivity index (χ4n) is 2.39. The molecule has 1 aliphatic carbocycles. The van der Waals surface area contributed by atoms with Crippen molar-refractivity contribution in [2.45, 2.75) is 52.4 Å². The monoisotopic (exact) mass is 218 g/mol. The maximum atomic E-state index is 5.93. The zero-order chi connectivity index (χ0) is 11.4. The van der Waals surface area contributed by atoms with Gasteiger partial charge in [-0.3, -0.25) is 0 Å². The van der Waals surface area contributed by atoms with E-state index in [0.29, 0.717) is 0 Å². The Labute approximate surface area is 98.8 Å². The molecule has 0 saturated carbocycles. The van der Waals surface area contributed by atoms with Gasteiger partial charge in [0.15, 0.2) is 0 Å². The molecule has 0 atom stereocenters. The zero-order valence-corrected chi connectivity index (χ0v) is 10.5. The van der Waals surface area contributed by atoms with E-state index in [4.69, 9.17) is 4.74 Å². The predicted octanol–water partition coefficient (Wildman–Crippen LogP) is 3.92. The van der Waals surface area contributed by atoms with Crippen LogP contribution in [0.1, 0.15) is 49.8 Å². The van der Waals surface area contributed by atoms with E-state index >= 15 is 0 Å². The number of aryl methyl sites for hydroxylation is 2. The van der Waals surface area contributed by atoms with E-state index in [0.717, 1.165) is 19.4 Å². The molecule has 0 radical (unpaired) electrons. The topological polar surface area (TPSA) is 9.23 Å². The molecule has 0 spiro atoms. The van der Waals surface area contributed by atoms with E-state index in [1.54, 1.807) is 0 Å². The Morgan fingerprint density at radius 3 is 2.81 bits per heavy atom. The molecule has 0 aromatic heterocycles. The number of unbranched alkanes of at least 4 members (excludes halogenated alkanes) is 1. The van der Waals surface area contributed by atoms with Gasteiger partial charge in [-0.25, -0.2) is 0 Å². The van der Waals surface area contributed by atoms with Crippen molar-refractivity contribution in [3.8, 4) is 5.75 Å². The molecule has 0 heterocycles. The minimum atomic E-state index is 0.871. The second kappa shape index (κ2) is 5.38. The van der Waals surface area contributed by atoms with Crippen molar-refractivity contribution in [2.75, 3.05) is 6.61 Å². The van der Waals surface area contributed by atoms with Crippen LogP contribution < -0.4 is 4.74 Å². The Morgan fingerprint density at radius 1 is 1.19 bits per heavy atom. The van der Waals surface area contributed by atoms with Crippen LogP contribution in [0.5, 0.6) is 5.75 Å². The molecule has 1 nitrogen and oxygen atoms in total. The highest BCUT2D eigenvalue weighted by Gasteiger charge is 2.16. The van der Waals surface area contributed by atoms with E-state index in [2.05, 4.69) is 26.0 Å². The van der Waals surface area contributed by atoms with Crippen molar-refractivity contribution >= 4 is 0 Å². The fourth-order valence-corrected chi connectivity index (χ4v) is 2.39. The van der Waals surface area contributed by atoms with E-state index in [9.17, 15) is 0 Å². The first-order chi connectivity index (χ1) is 7.85. The first kappa shape index (κ1) is 11.5. The van der Waals surface area contributed by atoms with Crippen LogP contribution in [0.3, 0.4) is 0 Å². The lowest BCUT2D eigenvalue weighted by molar-refractivity contribution is 0.306. The van der Waals surface area contributed by atoms with E-state index < -0.39 is 0 Å². The van der Waals surface area contributed by atoms with Gasteiger partial charge in [-0.1, -0.05) is 26.3 Å². The lowest BCUT2D eigenvalue weighted by atomic mass is 10.0. The average molecular weight is 218 g/mol. The Hall–Kier alpha value is -0.980. The van der Waals surface area contributed by atoms with Gasteiger partial charge < -0.3 is 4.74 Å². The molecule has 88 valence electrons. The van der Waals surface area contributed by atoms with Crippen molar-refractivity contribution in [3.63, 3.8) is 0 Å². The zero-order valence-electron chi connectivity index (χ0n) is 10.5. The van der Waals surface area contributed by atoms with Crippen molar-refractivity contribution in [1.29, 1.82) is 0 Å². The molecule has 0 unspecified atom stereocenters. The van der Waals surface area contributed by atoms with Crippen LogP contribution in [-0.2, 0) is 19.3 Å². The van der Waals surface area contributed by atoms with Gasteiger partial charge in [0.1, 0.15) is 5.75 Å². The first-order valence-electron chi connectivity index (χ1n) is 6.62. The van der Waals surface area contributed by atoms with Crippen LogP contribution in [0.25, 0.3) is 0 Å². The van der Waals surface area contributed by atoms with Crippen molar-refractivity contribution in [2.24, 2.45) is 0 Å². The minimum absolute atomic E-state index is 0.871. The number of benzene rings is 1. The summed E-state index contributed by atoms with van der Waals surface area (Å²) in [5.74, 6) is 1.17. The van der Waals surface area contributed by atoms with Crippen LogP contribution in [0, 0.1) is 0 Å². The van der Waals surface area contributed by atoms with Crippen molar-refractivity contribution < 1.29 is 4.74 Å². The average Bonchev–Trinajstić information content (AvgIpc) is 2.77. The lowest BCUT2D eigenvalue weighted by Gasteiger charge is -2.12. The van der Waals surface area contributed by atoms with Crippen LogP contribution in [0.2, 0.25) is 0 Å². The van der Waals surface area contributed by atoms with Gasteiger partial charge >= 0.3 is 0 Å². The SMILES string of the molecule is CCCCOc1cc(CC)cc2c1CCC2. The molecule has 0 fully saturated rings. The summed E-state index contributed by atoms with van der Waals surface area (Å²) in [4.78, 5) is 0. The Balaban J connectivity index is 2.18. The third kappa shape index (κ3) is 2.40. The molecule has 0 aliphatic heterocycles.